The molecule has 184 valence electrons. The smallest absolute Gasteiger partial charge is 0.362 e. The van der Waals surface area contributed by atoms with E-state index in [0.29, 0.717) is 39.6 Å². The maximum atomic E-state index is 13.2. The van der Waals surface area contributed by atoms with E-state index in [9.17, 15) is 9.59 Å². The van der Waals surface area contributed by atoms with E-state index in [-0.39, 0.29) is 35.2 Å². The van der Waals surface area contributed by atoms with Gasteiger partial charge in [-0.2, -0.15) is 0 Å². The van der Waals surface area contributed by atoms with Crippen molar-refractivity contribution in [1.82, 2.24) is 15.0 Å². The summed E-state index contributed by atoms with van der Waals surface area (Å²) in [6, 6.07) is 19.9. The molecule has 0 radical (unpaired) electrons. The van der Waals surface area contributed by atoms with Crippen LogP contribution in [0.4, 0.5) is 5.69 Å². The maximum absolute atomic E-state index is 13.2. The molecule has 0 fully saturated rings. The second-order valence-electron chi connectivity index (χ2n) is 8.62. The fourth-order valence-corrected chi connectivity index (χ4v) is 5.25. The molecule has 2 aromatic heterocycles. The van der Waals surface area contributed by atoms with Gasteiger partial charge in [0.1, 0.15) is 11.4 Å². The summed E-state index contributed by atoms with van der Waals surface area (Å²) in [4.78, 5) is 28.1. The Labute approximate surface area is 220 Å². The largest absolute Gasteiger partial charge is 0.420 e. The molecule has 0 spiro atoms. The summed E-state index contributed by atoms with van der Waals surface area (Å²) >= 11 is 12.5. The zero-order chi connectivity index (χ0) is 25.7. The number of hydrogen-bond acceptors (Lipinski definition) is 6. The Kier molecular flexibility index (Phi) is 5.79. The summed E-state index contributed by atoms with van der Waals surface area (Å²) in [6.07, 6.45) is 0.191. The molecule has 0 saturated heterocycles. The lowest BCUT2D eigenvalue weighted by Gasteiger charge is -2.28. The fourth-order valence-electron chi connectivity index (χ4n) is 4.70. The highest BCUT2D eigenvalue weighted by atomic mass is 35.5. The molecule has 3 heterocycles. The van der Waals surface area contributed by atoms with Crippen LogP contribution in [0.25, 0.3) is 39.2 Å². The minimum atomic E-state index is -0.645. The van der Waals surface area contributed by atoms with Crippen molar-refractivity contribution in [3.63, 3.8) is 0 Å². The molecule has 37 heavy (non-hydrogen) atoms. The van der Waals surface area contributed by atoms with E-state index in [0.717, 1.165) is 11.1 Å². The molecule has 8 nitrogen and oxygen atoms in total. The van der Waals surface area contributed by atoms with E-state index >= 15 is 0 Å². The maximum Gasteiger partial charge on any atom is 0.362 e. The van der Waals surface area contributed by atoms with Crippen LogP contribution < -0.4 is 16.3 Å². The third kappa shape index (κ3) is 3.90. The number of rotatable bonds is 3. The van der Waals surface area contributed by atoms with Crippen LogP contribution in [0, 0.1) is 0 Å². The van der Waals surface area contributed by atoms with Crippen LogP contribution in [-0.2, 0) is 11.3 Å². The number of para-hydroxylation sites is 1. The Morgan fingerprint density at radius 3 is 2.57 bits per heavy atom. The third-order valence-electron chi connectivity index (χ3n) is 6.34. The van der Waals surface area contributed by atoms with Gasteiger partial charge in [0.2, 0.25) is 5.91 Å². The molecule has 0 unspecified atom stereocenters. The van der Waals surface area contributed by atoms with Gasteiger partial charge in [0.15, 0.2) is 11.3 Å². The summed E-state index contributed by atoms with van der Waals surface area (Å²) in [5.74, 6) is -0.110. The number of amides is 1. The zero-order valence-electron chi connectivity index (χ0n) is 19.3. The number of carbonyl (C=O) groups is 1. The number of carbonyl (C=O) groups excluding carboxylic acids is 1. The summed E-state index contributed by atoms with van der Waals surface area (Å²) in [5, 5.41) is 10.0. The van der Waals surface area contributed by atoms with Crippen LogP contribution >= 0.6 is 23.2 Å². The molecule has 0 aliphatic carbocycles. The van der Waals surface area contributed by atoms with Crippen molar-refractivity contribution in [2.45, 2.75) is 13.0 Å². The molecule has 1 aliphatic heterocycles. The van der Waals surface area contributed by atoms with Crippen molar-refractivity contribution in [3.8, 4) is 28.2 Å². The second-order valence-corrected chi connectivity index (χ2v) is 9.46. The Bertz CT molecular complexity index is 1760. The first-order chi connectivity index (χ1) is 18.0. The van der Waals surface area contributed by atoms with Crippen LogP contribution in [0.15, 0.2) is 75.9 Å². The fraction of sp³-hybridized carbons (Fsp3) is 0.111. The molecule has 0 saturated carbocycles. The summed E-state index contributed by atoms with van der Waals surface area (Å²) in [6.45, 7) is 0.570. The van der Waals surface area contributed by atoms with Gasteiger partial charge in [0.05, 0.1) is 17.3 Å². The lowest BCUT2D eigenvalue weighted by atomic mass is 9.95. The summed E-state index contributed by atoms with van der Waals surface area (Å²) in [5.41, 5.74) is 9.62. The first-order valence-corrected chi connectivity index (χ1v) is 12.3. The van der Waals surface area contributed by atoms with Gasteiger partial charge in [-0.25, -0.2) is 9.48 Å². The van der Waals surface area contributed by atoms with Gasteiger partial charge in [-0.15, -0.1) is 5.10 Å². The second kappa shape index (κ2) is 9.15. The number of hydrogen-bond donors (Lipinski definition) is 1. The van der Waals surface area contributed by atoms with Crippen molar-refractivity contribution in [2.24, 2.45) is 5.73 Å². The van der Waals surface area contributed by atoms with Gasteiger partial charge in [-0.1, -0.05) is 70.9 Å². The SMILES string of the molecule is NCCC(=O)N1Cc2ccccc2-c2nnn(-c3cc4cc(Cl)cc(Cl)c4oc3=O)c2-c2ccccc21. The molecule has 0 atom stereocenters. The molecule has 3 aromatic carbocycles. The number of nitrogens with two attached hydrogens (primary N) is 1. The van der Waals surface area contributed by atoms with Crippen molar-refractivity contribution in [1.29, 1.82) is 0 Å². The Morgan fingerprint density at radius 2 is 1.76 bits per heavy atom. The molecule has 0 bridgehead atoms. The van der Waals surface area contributed by atoms with Crippen molar-refractivity contribution in [3.05, 3.63) is 92.8 Å². The van der Waals surface area contributed by atoms with E-state index in [4.69, 9.17) is 33.4 Å². The molecule has 6 rings (SSSR count). The van der Waals surface area contributed by atoms with Gasteiger partial charge in [-0.3, -0.25) is 4.79 Å². The molecule has 5 aromatic rings. The molecule has 2 N–H and O–H groups in total. The topological polar surface area (TPSA) is 107 Å². The summed E-state index contributed by atoms with van der Waals surface area (Å²) in [7, 11) is 0. The predicted octanol–water partition coefficient (Wildman–Crippen LogP) is 5.21. The van der Waals surface area contributed by atoms with Gasteiger partial charge < -0.3 is 15.1 Å². The number of benzene rings is 3. The first kappa shape index (κ1) is 23.4. The molecular weight excluding hydrogens is 513 g/mol. The number of fused-ring (bicyclic) bond motifs is 6. The van der Waals surface area contributed by atoms with Crippen LogP contribution in [0.2, 0.25) is 10.0 Å². The number of nitrogens with zero attached hydrogens (tertiary/aromatic N) is 4. The third-order valence-corrected chi connectivity index (χ3v) is 6.84. The Balaban J connectivity index is 1.67. The summed E-state index contributed by atoms with van der Waals surface area (Å²) < 4.78 is 7.03. The molecular formula is C27H19Cl2N5O3. The van der Waals surface area contributed by atoms with E-state index < -0.39 is 5.63 Å². The van der Waals surface area contributed by atoms with Crippen molar-refractivity contribution in [2.75, 3.05) is 11.4 Å². The van der Waals surface area contributed by atoms with Crippen LogP contribution in [-0.4, -0.2) is 27.4 Å². The van der Waals surface area contributed by atoms with E-state index in [1.54, 1.807) is 17.0 Å². The molecule has 1 amide bonds. The van der Waals surface area contributed by atoms with Crippen molar-refractivity contribution < 1.29 is 9.21 Å². The number of anilines is 1. The van der Waals surface area contributed by atoms with Gasteiger partial charge in [-0.05, 0) is 29.8 Å². The lowest BCUT2D eigenvalue weighted by Crippen LogP contribution is -2.33. The normalized spacial score (nSPS) is 12.5. The first-order valence-electron chi connectivity index (χ1n) is 11.5. The van der Waals surface area contributed by atoms with Crippen LogP contribution in [0.3, 0.4) is 0 Å². The highest BCUT2D eigenvalue weighted by Gasteiger charge is 2.30. The number of halogens is 2. The molecule has 1 aliphatic rings. The van der Waals surface area contributed by atoms with Crippen molar-refractivity contribution >= 4 is 45.8 Å². The number of aromatic nitrogens is 3. The van der Waals surface area contributed by atoms with Crippen LogP contribution in [0.1, 0.15) is 12.0 Å². The predicted molar refractivity (Wildman–Crippen MR) is 143 cm³/mol. The Hall–Kier alpha value is -3.98. The van der Waals surface area contributed by atoms with E-state index in [2.05, 4.69) is 10.3 Å². The highest BCUT2D eigenvalue weighted by Crippen LogP contribution is 2.42. The standard InChI is InChI=1S/C27H19Cl2N5O3/c28-17-11-16-12-22(27(36)37-26(16)20(29)13-17)34-25-19-7-3-4-8-21(19)33(23(35)9-10-30)14-15-5-1-2-6-18(15)24(25)31-32-34/h1-8,11-13H,9-10,14,30H2. The van der Waals surface area contributed by atoms with Gasteiger partial charge in [0, 0.05) is 34.5 Å². The van der Waals surface area contributed by atoms with E-state index in [1.807, 2.05) is 48.5 Å². The zero-order valence-corrected chi connectivity index (χ0v) is 20.8. The Morgan fingerprint density at radius 1 is 1.00 bits per heavy atom. The average molecular weight is 532 g/mol. The molecule has 10 heteroatoms. The van der Waals surface area contributed by atoms with Crippen LogP contribution in [0.5, 0.6) is 0 Å². The minimum absolute atomic E-state index is 0.110. The van der Waals surface area contributed by atoms with Gasteiger partial charge >= 0.3 is 5.63 Å². The van der Waals surface area contributed by atoms with E-state index in [1.165, 1.54) is 10.7 Å². The minimum Gasteiger partial charge on any atom is -0.420 e. The quantitative estimate of drug-likeness (QED) is 0.320. The van der Waals surface area contributed by atoms with Gasteiger partial charge in [0.25, 0.3) is 0 Å². The average Bonchev–Trinajstić information content (AvgIpc) is 3.31. The monoisotopic (exact) mass is 531 g/mol. The highest BCUT2D eigenvalue weighted by molar-refractivity contribution is 6.38. The lowest BCUT2D eigenvalue weighted by molar-refractivity contribution is -0.118.